The molecule has 2 fully saturated rings. The van der Waals surface area contributed by atoms with Crippen LogP contribution in [0, 0.1) is 10.8 Å². The summed E-state index contributed by atoms with van der Waals surface area (Å²) in [5, 5.41) is 20.9. The zero-order chi connectivity index (χ0) is 26.9. The number of H-pyrrole nitrogens is 2. The van der Waals surface area contributed by atoms with E-state index in [1.807, 2.05) is 26.8 Å². The van der Waals surface area contributed by atoms with Gasteiger partial charge in [-0.25, -0.2) is 0 Å². The van der Waals surface area contributed by atoms with Crippen LogP contribution in [0.5, 0.6) is 0 Å². The van der Waals surface area contributed by atoms with E-state index < -0.39 is 22.3 Å². The van der Waals surface area contributed by atoms with Gasteiger partial charge in [0.1, 0.15) is 5.69 Å². The first-order valence-corrected chi connectivity index (χ1v) is 12.4. The third-order valence-electron chi connectivity index (χ3n) is 8.42. The van der Waals surface area contributed by atoms with E-state index in [1.165, 1.54) is 0 Å². The number of anilines is 2. The van der Waals surface area contributed by atoms with E-state index in [2.05, 4.69) is 36.2 Å². The fourth-order valence-corrected chi connectivity index (χ4v) is 5.80. The zero-order valence-electron chi connectivity index (χ0n) is 20.8. The summed E-state index contributed by atoms with van der Waals surface area (Å²) in [5.41, 5.74) is -0.377. The lowest BCUT2D eigenvalue weighted by atomic mass is 9.66. The van der Waals surface area contributed by atoms with E-state index >= 15 is 0 Å². The standard InChI is InChI=1S/C26H24ClN7O4/c1-24(2)25(3)9-10-26(24,38-23(25)37)22(36)30-17-6-4-5-13-11-18(28-19(13)17)21(35)29-16-8-7-14(27)12-15(16)20-31-33-34-32-20/h4-8,11-12,28H,9-10H2,1-3H3,(H,29,35)(H,30,36)(H,31,32,33,34). The van der Waals surface area contributed by atoms with E-state index in [4.69, 9.17) is 16.3 Å². The fourth-order valence-electron chi connectivity index (χ4n) is 5.63. The molecule has 2 aromatic heterocycles. The average molecular weight is 534 g/mol. The number of tetrazole rings is 1. The number of aromatic amines is 2. The monoisotopic (exact) mass is 533 g/mol. The number of halogens is 1. The molecule has 3 heterocycles. The van der Waals surface area contributed by atoms with Crippen LogP contribution < -0.4 is 10.6 Å². The number of rotatable bonds is 5. The van der Waals surface area contributed by atoms with Crippen molar-refractivity contribution in [2.45, 2.75) is 39.2 Å². The molecule has 2 unspecified atom stereocenters. The largest absolute Gasteiger partial charge is 0.448 e. The van der Waals surface area contributed by atoms with E-state index in [1.54, 1.807) is 36.4 Å². The molecule has 4 N–H and O–H groups in total. The van der Waals surface area contributed by atoms with E-state index in [9.17, 15) is 14.4 Å². The number of esters is 1. The van der Waals surface area contributed by atoms with Crippen LogP contribution in [-0.4, -0.2) is 49.0 Å². The second-order valence-electron chi connectivity index (χ2n) is 10.5. The Morgan fingerprint density at radius 1 is 1.05 bits per heavy atom. The molecule has 1 aliphatic heterocycles. The van der Waals surface area contributed by atoms with Crippen molar-refractivity contribution in [3.63, 3.8) is 0 Å². The summed E-state index contributed by atoms with van der Waals surface area (Å²) in [6.07, 6.45) is 1.03. The Morgan fingerprint density at radius 3 is 2.55 bits per heavy atom. The third-order valence-corrected chi connectivity index (χ3v) is 8.65. The van der Waals surface area contributed by atoms with Crippen LogP contribution in [0.15, 0.2) is 42.5 Å². The highest BCUT2D eigenvalue weighted by atomic mass is 35.5. The molecule has 2 bridgehead atoms. The van der Waals surface area contributed by atoms with Crippen LogP contribution >= 0.6 is 11.6 Å². The minimum absolute atomic E-state index is 0.273. The van der Waals surface area contributed by atoms with Gasteiger partial charge in [-0.2, -0.15) is 5.21 Å². The highest BCUT2D eigenvalue weighted by Gasteiger charge is 2.75. The van der Waals surface area contributed by atoms with Crippen molar-refractivity contribution in [2.75, 3.05) is 10.6 Å². The van der Waals surface area contributed by atoms with Crippen LogP contribution in [0.4, 0.5) is 11.4 Å². The van der Waals surface area contributed by atoms with Gasteiger partial charge in [0.15, 0.2) is 5.60 Å². The number of carbonyl (C=O) groups excluding carboxylic acids is 3. The summed E-state index contributed by atoms with van der Waals surface area (Å²) in [5.74, 6) is -0.858. The molecule has 38 heavy (non-hydrogen) atoms. The molecule has 11 nitrogen and oxygen atoms in total. The van der Waals surface area contributed by atoms with Gasteiger partial charge in [-0.3, -0.25) is 14.4 Å². The van der Waals surface area contributed by atoms with Gasteiger partial charge in [0.2, 0.25) is 5.82 Å². The fraction of sp³-hybridized carbons (Fsp3) is 0.308. The van der Waals surface area contributed by atoms with Crippen LogP contribution in [0.1, 0.15) is 44.1 Å². The van der Waals surface area contributed by atoms with Gasteiger partial charge in [-0.05, 0) is 55.3 Å². The number of amides is 2. The number of nitrogens with one attached hydrogen (secondary N) is 4. The smallest absolute Gasteiger partial charge is 0.313 e. The number of benzene rings is 2. The SMILES string of the molecule is CC12CCC(C(=O)Nc3cccc4cc(C(=O)Nc5ccc(Cl)cc5-c5nn[nH]n5)[nH]c34)(OC1=O)C2(C)C. The van der Waals surface area contributed by atoms with Crippen molar-refractivity contribution in [2.24, 2.45) is 10.8 Å². The van der Waals surface area contributed by atoms with Crippen molar-refractivity contribution in [3.05, 3.63) is 53.2 Å². The second kappa shape index (κ2) is 8.12. The molecule has 2 atom stereocenters. The van der Waals surface area contributed by atoms with Crippen molar-refractivity contribution in [1.82, 2.24) is 25.6 Å². The molecular weight excluding hydrogens is 510 g/mol. The Balaban J connectivity index is 1.29. The first-order valence-electron chi connectivity index (χ1n) is 12.1. The van der Waals surface area contributed by atoms with E-state index in [-0.39, 0.29) is 23.4 Å². The van der Waals surface area contributed by atoms with Crippen LogP contribution in [0.3, 0.4) is 0 Å². The van der Waals surface area contributed by atoms with Gasteiger partial charge in [0.05, 0.1) is 22.3 Å². The topological polar surface area (TPSA) is 155 Å². The average Bonchev–Trinajstić information content (AvgIpc) is 3.63. The number of aromatic nitrogens is 5. The molecule has 4 aromatic rings. The molecular formula is C26H24ClN7O4. The van der Waals surface area contributed by atoms with Crippen molar-refractivity contribution < 1.29 is 19.1 Å². The van der Waals surface area contributed by atoms with Gasteiger partial charge in [-0.1, -0.05) is 37.6 Å². The molecule has 2 aromatic carbocycles. The number of hydrogen-bond acceptors (Lipinski definition) is 7. The maximum absolute atomic E-state index is 13.6. The maximum atomic E-state index is 13.6. The molecule has 12 heteroatoms. The molecule has 1 saturated carbocycles. The zero-order valence-corrected chi connectivity index (χ0v) is 21.6. The molecule has 1 aliphatic carbocycles. The summed E-state index contributed by atoms with van der Waals surface area (Å²) in [7, 11) is 0. The van der Waals surface area contributed by atoms with E-state index in [0.29, 0.717) is 40.3 Å². The first kappa shape index (κ1) is 24.1. The third kappa shape index (κ3) is 3.27. The van der Waals surface area contributed by atoms with E-state index in [0.717, 1.165) is 5.39 Å². The Kier molecular flexibility index (Phi) is 5.15. The highest BCUT2D eigenvalue weighted by Crippen LogP contribution is 2.65. The summed E-state index contributed by atoms with van der Waals surface area (Å²) in [6.45, 7) is 5.67. The Hall–Kier alpha value is -4.25. The van der Waals surface area contributed by atoms with Gasteiger partial charge < -0.3 is 20.4 Å². The predicted octanol–water partition coefficient (Wildman–Crippen LogP) is 4.31. The van der Waals surface area contributed by atoms with Gasteiger partial charge >= 0.3 is 5.97 Å². The van der Waals surface area contributed by atoms with Gasteiger partial charge in [0, 0.05) is 21.4 Å². The molecule has 0 radical (unpaired) electrons. The summed E-state index contributed by atoms with van der Waals surface area (Å²) in [6, 6.07) is 12.0. The van der Waals surface area contributed by atoms with Crippen molar-refractivity contribution in [3.8, 4) is 11.4 Å². The van der Waals surface area contributed by atoms with Crippen molar-refractivity contribution >= 4 is 51.7 Å². The number of carbonyl (C=O) groups is 3. The maximum Gasteiger partial charge on any atom is 0.313 e. The van der Waals surface area contributed by atoms with Crippen LogP contribution in [0.2, 0.25) is 5.02 Å². The molecule has 2 amide bonds. The molecule has 6 rings (SSSR count). The number of nitrogens with zero attached hydrogens (tertiary/aromatic N) is 3. The number of ether oxygens (including phenoxy) is 1. The quantitative estimate of drug-likeness (QED) is 0.278. The molecule has 194 valence electrons. The lowest BCUT2D eigenvalue weighted by molar-refractivity contribution is -0.165. The molecule has 1 saturated heterocycles. The normalized spacial score (nSPS) is 23.4. The number of hydrogen-bond donors (Lipinski definition) is 4. The number of para-hydroxylation sites is 1. The minimum Gasteiger partial charge on any atom is -0.448 e. The Bertz CT molecular complexity index is 1630. The Labute approximate surface area is 221 Å². The summed E-state index contributed by atoms with van der Waals surface area (Å²) in [4.78, 5) is 42.5. The van der Waals surface area contributed by atoms with Crippen molar-refractivity contribution in [1.29, 1.82) is 0 Å². The lowest BCUT2D eigenvalue weighted by Gasteiger charge is -2.35. The Morgan fingerprint density at radius 2 is 1.87 bits per heavy atom. The number of fused-ring (bicyclic) bond motifs is 3. The predicted molar refractivity (Wildman–Crippen MR) is 139 cm³/mol. The molecule has 0 spiro atoms. The second-order valence-corrected chi connectivity index (χ2v) is 10.9. The van der Waals surface area contributed by atoms with Crippen LogP contribution in [0.25, 0.3) is 22.3 Å². The minimum atomic E-state index is -1.26. The molecule has 2 aliphatic rings. The lowest BCUT2D eigenvalue weighted by Crippen LogP contribution is -2.50. The summed E-state index contributed by atoms with van der Waals surface area (Å²) < 4.78 is 5.72. The first-order chi connectivity index (χ1) is 18.1. The van der Waals surface area contributed by atoms with Crippen LogP contribution in [-0.2, 0) is 14.3 Å². The van der Waals surface area contributed by atoms with Gasteiger partial charge in [-0.15, -0.1) is 10.2 Å². The summed E-state index contributed by atoms with van der Waals surface area (Å²) >= 11 is 6.14. The van der Waals surface area contributed by atoms with Gasteiger partial charge in [0.25, 0.3) is 11.8 Å². The highest BCUT2D eigenvalue weighted by molar-refractivity contribution is 6.31.